The maximum atomic E-state index is 10.9. The van der Waals surface area contributed by atoms with E-state index in [2.05, 4.69) is 10.3 Å². The molecule has 0 aliphatic rings. The van der Waals surface area contributed by atoms with Crippen molar-refractivity contribution < 1.29 is 4.92 Å². The Hall–Kier alpha value is -2.46. The molecule has 1 aromatic heterocycles. The molecule has 7 heteroatoms. The fourth-order valence-corrected chi connectivity index (χ4v) is 1.97. The lowest BCUT2D eigenvalue weighted by Crippen LogP contribution is -2.02. The van der Waals surface area contributed by atoms with Gasteiger partial charge in [-0.3, -0.25) is 10.1 Å². The van der Waals surface area contributed by atoms with Crippen molar-refractivity contribution in [2.24, 2.45) is 0 Å². The molecule has 0 spiro atoms. The Balaban J connectivity index is 2.24. The van der Waals surface area contributed by atoms with Crippen LogP contribution in [-0.2, 0) is 6.54 Å². The molecule has 0 fully saturated rings. The number of rotatable bonds is 4. The summed E-state index contributed by atoms with van der Waals surface area (Å²) in [4.78, 5) is 14.4. The van der Waals surface area contributed by atoms with E-state index in [-0.39, 0.29) is 5.69 Å². The molecule has 1 heterocycles. The van der Waals surface area contributed by atoms with E-state index in [1.165, 1.54) is 29.5 Å². The number of aromatic nitrogens is 1. The summed E-state index contributed by atoms with van der Waals surface area (Å²) >= 11 is 1.46. The van der Waals surface area contributed by atoms with Crippen LogP contribution in [0, 0.1) is 21.4 Å². The summed E-state index contributed by atoms with van der Waals surface area (Å²) in [6.45, 7) is 0.396. The van der Waals surface area contributed by atoms with Gasteiger partial charge in [-0.05, 0) is 12.1 Å². The largest absolute Gasteiger partial charge is 0.373 e. The monoisotopic (exact) mass is 260 g/mol. The van der Waals surface area contributed by atoms with Gasteiger partial charge in [0.25, 0.3) is 5.69 Å². The van der Waals surface area contributed by atoms with E-state index >= 15 is 0 Å². The molecule has 0 atom stereocenters. The Morgan fingerprint density at radius 1 is 1.56 bits per heavy atom. The maximum Gasteiger partial charge on any atom is 0.292 e. The van der Waals surface area contributed by atoms with E-state index in [0.717, 1.165) is 5.01 Å². The zero-order chi connectivity index (χ0) is 13.0. The molecule has 1 N–H and O–H groups in total. The number of nitrogens with one attached hydrogen (secondary N) is 1. The predicted octanol–water partition coefficient (Wildman–Crippen LogP) is 2.54. The van der Waals surface area contributed by atoms with Crippen LogP contribution in [0.25, 0.3) is 0 Å². The van der Waals surface area contributed by atoms with Crippen LogP contribution in [0.3, 0.4) is 0 Å². The van der Waals surface area contributed by atoms with E-state index in [1.807, 2.05) is 11.4 Å². The van der Waals surface area contributed by atoms with E-state index in [9.17, 15) is 10.1 Å². The molecule has 6 nitrogen and oxygen atoms in total. The zero-order valence-electron chi connectivity index (χ0n) is 9.16. The van der Waals surface area contributed by atoms with Gasteiger partial charge in [0, 0.05) is 17.6 Å². The van der Waals surface area contributed by atoms with Gasteiger partial charge in [0.1, 0.15) is 10.7 Å². The van der Waals surface area contributed by atoms with Crippen molar-refractivity contribution in [1.29, 1.82) is 5.26 Å². The molecular formula is C11H8N4O2S. The molecule has 0 saturated carbocycles. The first-order valence-corrected chi connectivity index (χ1v) is 5.89. The quantitative estimate of drug-likeness (QED) is 0.673. The highest BCUT2D eigenvalue weighted by Gasteiger charge is 2.14. The molecule has 0 aliphatic heterocycles. The molecule has 18 heavy (non-hydrogen) atoms. The average molecular weight is 260 g/mol. The van der Waals surface area contributed by atoms with Gasteiger partial charge in [-0.15, -0.1) is 11.3 Å². The molecule has 0 aliphatic carbocycles. The molecule has 1 aromatic carbocycles. The van der Waals surface area contributed by atoms with Crippen molar-refractivity contribution in [1.82, 2.24) is 4.98 Å². The van der Waals surface area contributed by atoms with Gasteiger partial charge in [-0.2, -0.15) is 5.26 Å². The standard InChI is InChI=1S/C11H8N4O2S/c12-6-8-1-2-10(15(16)17)9(5-8)14-7-11-13-3-4-18-11/h1-5,14H,7H2. The highest BCUT2D eigenvalue weighted by Crippen LogP contribution is 2.25. The number of nitrogens with zero attached hydrogens (tertiary/aromatic N) is 3. The van der Waals surface area contributed by atoms with Crippen LogP contribution in [-0.4, -0.2) is 9.91 Å². The topological polar surface area (TPSA) is 91.8 Å². The predicted molar refractivity (Wildman–Crippen MR) is 67.3 cm³/mol. The van der Waals surface area contributed by atoms with Crippen LogP contribution in [0.4, 0.5) is 11.4 Å². The third-order valence-corrected chi connectivity index (χ3v) is 3.02. The Morgan fingerprint density at radius 2 is 2.39 bits per heavy atom. The lowest BCUT2D eigenvalue weighted by molar-refractivity contribution is -0.384. The number of nitro groups is 1. The van der Waals surface area contributed by atoms with Gasteiger partial charge in [0.05, 0.1) is 23.1 Å². The Bertz CT molecular complexity index is 604. The van der Waals surface area contributed by atoms with Crippen LogP contribution in [0.2, 0.25) is 0 Å². The number of benzene rings is 1. The van der Waals surface area contributed by atoms with Crippen molar-refractivity contribution in [3.8, 4) is 6.07 Å². The van der Waals surface area contributed by atoms with E-state index in [0.29, 0.717) is 17.8 Å². The smallest absolute Gasteiger partial charge is 0.292 e. The first-order chi connectivity index (χ1) is 8.70. The first-order valence-electron chi connectivity index (χ1n) is 5.01. The second-order valence-corrected chi connectivity index (χ2v) is 4.36. The Kier molecular flexibility index (Phi) is 3.50. The van der Waals surface area contributed by atoms with Crippen molar-refractivity contribution in [2.75, 3.05) is 5.32 Å². The molecule has 0 radical (unpaired) electrons. The SMILES string of the molecule is N#Cc1ccc([N+](=O)[O-])c(NCc2nccs2)c1. The highest BCUT2D eigenvalue weighted by molar-refractivity contribution is 7.09. The van der Waals surface area contributed by atoms with Gasteiger partial charge in [0.15, 0.2) is 0 Å². The van der Waals surface area contributed by atoms with Crippen LogP contribution < -0.4 is 5.32 Å². The van der Waals surface area contributed by atoms with Crippen molar-refractivity contribution in [3.05, 3.63) is 50.5 Å². The number of anilines is 1. The fraction of sp³-hybridized carbons (Fsp3) is 0.0909. The number of hydrogen-bond acceptors (Lipinski definition) is 6. The zero-order valence-corrected chi connectivity index (χ0v) is 9.98. The lowest BCUT2D eigenvalue weighted by Gasteiger charge is -2.05. The second kappa shape index (κ2) is 5.25. The summed E-state index contributed by atoms with van der Waals surface area (Å²) in [5, 5.41) is 25.2. The summed E-state index contributed by atoms with van der Waals surface area (Å²) < 4.78 is 0. The molecule has 2 aromatic rings. The van der Waals surface area contributed by atoms with Crippen LogP contribution in [0.1, 0.15) is 10.6 Å². The van der Waals surface area contributed by atoms with Crippen molar-refractivity contribution in [2.45, 2.75) is 6.54 Å². The first kappa shape index (κ1) is 12.0. The van der Waals surface area contributed by atoms with Gasteiger partial charge in [-0.1, -0.05) is 0 Å². The maximum absolute atomic E-state index is 10.9. The second-order valence-electron chi connectivity index (χ2n) is 3.38. The van der Waals surface area contributed by atoms with E-state index in [1.54, 1.807) is 6.20 Å². The minimum Gasteiger partial charge on any atom is -0.373 e. The van der Waals surface area contributed by atoms with Gasteiger partial charge in [-0.25, -0.2) is 4.98 Å². The summed E-state index contributed by atoms with van der Waals surface area (Å²) in [6, 6.07) is 6.16. The van der Waals surface area contributed by atoms with E-state index in [4.69, 9.17) is 5.26 Å². The normalized spacial score (nSPS) is 9.72. The highest BCUT2D eigenvalue weighted by atomic mass is 32.1. The van der Waals surface area contributed by atoms with Gasteiger partial charge >= 0.3 is 0 Å². The number of thiazole rings is 1. The third kappa shape index (κ3) is 2.61. The van der Waals surface area contributed by atoms with Crippen LogP contribution in [0.5, 0.6) is 0 Å². The van der Waals surface area contributed by atoms with Gasteiger partial charge in [0.2, 0.25) is 0 Å². The molecular weight excluding hydrogens is 252 g/mol. The number of nitriles is 1. The molecule has 2 rings (SSSR count). The number of nitro benzene ring substituents is 1. The molecule has 0 amide bonds. The summed E-state index contributed by atoms with van der Waals surface area (Å²) in [7, 11) is 0. The third-order valence-electron chi connectivity index (χ3n) is 2.24. The van der Waals surface area contributed by atoms with E-state index < -0.39 is 4.92 Å². The average Bonchev–Trinajstić information content (AvgIpc) is 2.88. The minimum atomic E-state index is -0.481. The van der Waals surface area contributed by atoms with Crippen LogP contribution in [0.15, 0.2) is 29.8 Å². The lowest BCUT2D eigenvalue weighted by atomic mass is 10.2. The summed E-state index contributed by atoms with van der Waals surface area (Å²) in [5.74, 6) is 0. The molecule has 0 saturated heterocycles. The minimum absolute atomic E-state index is 0.0504. The van der Waals surface area contributed by atoms with Gasteiger partial charge < -0.3 is 5.32 Å². The summed E-state index contributed by atoms with van der Waals surface area (Å²) in [5.41, 5.74) is 0.655. The molecule has 0 bridgehead atoms. The Morgan fingerprint density at radius 3 is 3.00 bits per heavy atom. The fourth-order valence-electron chi connectivity index (χ4n) is 1.42. The van der Waals surface area contributed by atoms with Crippen molar-refractivity contribution in [3.63, 3.8) is 0 Å². The van der Waals surface area contributed by atoms with Crippen molar-refractivity contribution >= 4 is 22.7 Å². The molecule has 90 valence electrons. The Labute approximate surface area is 107 Å². The van der Waals surface area contributed by atoms with Crippen LogP contribution >= 0.6 is 11.3 Å². The molecule has 0 unspecified atom stereocenters. The number of hydrogen-bond donors (Lipinski definition) is 1. The summed E-state index contributed by atoms with van der Waals surface area (Å²) in [6.07, 6.45) is 1.67.